The van der Waals surface area contributed by atoms with Gasteiger partial charge in [-0.2, -0.15) is 0 Å². The molecule has 92 valence electrons. The predicted molar refractivity (Wildman–Crippen MR) is 64.8 cm³/mol. The molecule has 0 amide bonds. The highest BCUT2D eigenvalue weighted by Crippen LogP contribution is 2.21. The summed E-state index contributed by atoms with van der Waals surface area (Å²) in [4.78, 5) is 0. The van der Waals surface area contributed by atoms with Crippen LogP contribution in [0.2, 0.25) is 0 Å². The molecule has 1 aromatic heterocycles. The summed E-state index contributed by atoms with van der Waals surface area (Å²) in [5.41, 5.74) is 5.92. The van der Waals surface area contributed by atoms with Crippen LogP contribution in [0.5, 0.6) is 0 Å². The van der Waals surface area contributed by atoms with Gasteiger partial charge in [0.05, 0.1) is 0 Å². The first-order valence-corrected chi connectivity index (χ1v) is 7.26. The van der Waals surface area contributed by atoms with Crippen LogP contribution in [0.15, 0.2) is 15.7 Å². The predicted octanol–water partition coefficient (Wildman–Crippen LogP) is 0.627. The van der Waals surface area contributed by atoms with Gasteiger partial charge in [-0.1, -0.05) is 6.92 Å². The second-order valence-corrected chi connectivity index (χ2v) is 6.57. The van der Waals surface area contributed by atoms with Crippen molar-refractivity contribution in [3.63, 3.8) is 0 Å². The summed E-state index contributed by atoms with van der Waals surface area (Å²) in [5.74, 6) is 0.108. The first kappa shape index (κ1) is 13.4. The van der Waals surface area contributed by atoms with Crippen molar-refractivity contribution >= 4 is 27.0 Å². The molecular weight excluding hydrogens is 248 g/mol. The van der Waals surface area contributed by atoms with Crippen molar-refractivity contribution in [3.8, 4) is 0 Å². The maximum Gasteiger partial charge on any atom is 0.250 e. The van der Waals surface area contributed by atoms with Crippen molar-refractivity contribution < 1.29 is 13.5 Å². The molecule has 1 unspecified atom stereocenters. The molecule has 5 nitrogen and oxygen atoms in total. The Morgan fingerprint density at radius 3 is 2.81 bits per heavy atom. The van der Waals surface area contributed by atoms with E-state index in [1.807, 2.05) is 6.92 Å². The van der Waals surface area contributed by atoms with Gasteiger partial charge in [-0.3, -0.25) is 0 Å². The zero-order chi connectivity index (χ0) is 12.2. The van der Waals surface area contributed by atoms with E-state index >= 15 is 0 Å². The largest absolute Gasteiger partial charge is 0.398 e. The lowest BCUT2D eigenvalue weighted by molar-refractivity contribution is 0.263. The number of nitrogens with two attached hydrogens (primary N) is 1. The van der Waals surface area contributed by atoms with E-state index in [1.165, 1.54) is 6.07 Å². The smallest absolute Gasteiger partial charge is 0.250 e. The van der Waals surface area contributed by atoms with Crippen LogP contribution in [-0.2, 0) is 10.0 Å². The number of hydrogen-bond donors (Lipinski definition) is 3. The summed E-state index contributed by atoms with van der Waals surface area (Å²) in [5, 5.41) is 10.3. The molecule has 0 radical (unpaired) electrons. The van der Waals surface area contributed by atoms with Gasteiger partial charge in [-0.25, -0.2) is 13.1 Å². The number of anilines is 1. The molecule has 7 heteroatoms. The van der Waals surface area contributed by atoms with Gasteiger partial charge in [0.1, 0.15) is 4.21 Å². The standard InChI is InChI=1S/C9H16N2O3S2/c1-7(2-3-12)5-11-16(13,14)9-4-8(10)6-15-9/h4,6-7,11-12H,2-3,5,10H2,1H3. The van der Waals surface area contributed by atoms with Crippen molar-refractivity contribution in [1.29, 1.82) is 0 Å². The van der Waals surface area contributed by atoms with Crippen LogP contribution < -0.4 is 10.5 Å². The SMILES string of the molecule is CC(CCO)CNS(=O)(=O)c1cc(N)cs1. The molecule has 0 fully saturated rings. The van der Waals surface area contributed by atoms with Gasteiger partial charge in [0.25, 0.3) is 0 Å². The zero-order valence-corrected chi connectivity index (χ0v) is 10.6. The fraction of sp³-hybridized carbons (Fsp3) is 0.556. The van der Waals surface area contributed by atoms with Crippen LogP contribution in [0.4, 0.5) is 5.69 Å². The summed E-state index contributed by atoms with van der Waals surface area (Å²) in [6.07, 6.45) is 0.578. The van der Waals surface area contributed by atoms with Gasteiger partial charge in [0, 0.05) is 24.2 Å². The summed E-state index contributed by atoms with van der Waals surface area (Å²) >= 11 is 1.10. The van der Waals surface area contributed by atoms with Crippen LogP contribution in [0.1, 0.15) is 13.3 Å². The number of rotatable bonds is 6. The highest BCUT2D eigenvalue weighted by molar-refractivity contribution is 7.91. The molecule has 0 saturated heterocycles. The number of nitrogens with one attached hydrogen (secondary N) is 1. The molecule has 1 aromatic rings. The molecule has 1 atom stereocenters. The van der Waals surface area contributed by atoms with Gasteiger partial charge in [0.15, 0.2) is 0 Å². The maximum absolute atomic E-state index is 11.7. The van der Waals surface area contributed by atoms with E-state index < -0.39 is 10.0 Å². The van der Waals surface area contributed by atoms with E-state index in [2.05, 4.69) is 4.72 Å². The topological polar surface area (TPSA) is 92.4 Å². The Morgan fingerprint density at radius 1 is 1.62 bits per heavy atom. The molecule has 0 aliphatic carbocycles. The van der Waals surface area contributed by atoms with E-state index in [-0.39, 0.29) is 16.7 Å². The number of hydrogen-bond acceptors (Lipinski definition) is 5. The minimum absolute atomic E-state index is 0.0643. The third-order valence-corrected chi connectivity index (χ3v) is 4.99. The van der Waals surface area contributed by atoms with Crippen molar-refractivity contribution in [3.05, 3.63) is 11.4 Å². The quantitative estimate of drug-likeness (QED) is 0.702. The molecule has 0 saturated carbocycles. The molecule has 1 rings (SSSR count). The van der Waals surface area contributed by atoms with E-state index in [9.17, 15) is 8.42 Å². The molecule has 0 aromatic carbocycles. The van der Waals surface area contributed by atoms with Gasteiger partial charge in [-0.05, 0) is 18.4 Å². The van der Waals surface area contributed by atoms with Crippen molar-refractivity contribution in [2.45, 2.75) is 17.6 Å². The number of nitrogen functional groups attached to an aromatic ring is 1. The van der Waals surface area contributed by atoms with Crippen molar-refractivity contribution in [2.24, 2.45) is 5.92 Å². The average Bonchev–Trinajstić information content (AvgIpc) is 2.63. The monoisotopic (exact) mass is 264 g/mol. The Hall–Kier alpha value is -0.630. The van der Waals surface area contributed by atoms with Crippen LogP contribution in [0, 0.1) is 5.92 Å². The molecule has 16 heavy (non-hydrogen) atoms. The lowest BCUT2D eigenvalue weighted by Gasteiger charge is -2.10. The Balaban J connectivity index is 2.59. The Labute approximate surface area is 99.3 Å². The fourth-order valence-corrected chi connectivity index (χ4v) is 3.41. The number of aliphatic hydroxyl groups excluding tert-OH is 1. The second-order valence-electron chi connectivity index (χ2n) is 3.67. The highest BCUT2D eigenvalue weighted by atomic mass is 32.2. The normalized spacial score (nSPS) is 13.9. The first-order chi connectivity index (χ1) is 7.45. The number of sulfonamides is 1. The lowest BCUT2D eigenvalue weighted by atomic mass is 10.1. The number of aliphatic hydroxyl groups is 1. The molecule has 0 aliphatic heterocycles. The molecule has 0 spiro atoms. The summed E-state index contributed by atoms with van der Waals surface area (Å²) < 4.78 is 26.2. The first-order valence-electron chi connectivity index (χ1n) is 4.90. The van der Waals surface area contributed by atoms with Crippen LogP contribution in [-0.4, -0.2) is 26.7 Å². The van der Waals surface area contributed by atoms with E-state index in [1.54, 1.807) is 5.38 Å². The zero-order valence-electron chi connectivity index (χ0n) is 9.01. The van der Waals surface area contributed by atoms with Crippen LogP contribution >= 0.6 is 11.3 Å². The third-order valence-electron chi connectivity index (χ3n) is 2.10. The van der Waals surface area contributed by atoms with Crippen molar-refractivity contribution in [2.75, 3.05) is 18.9 Å². The molecule has 4 N–H and O–H groups in total. The van der Waals surface area contributed by atoms with E-state index in [0.717, 1.165) is 11.3 Å². The minimum Gasteiger partial charge on any atom is -0.398 e. The summed E-state index contributed by atoms with van der Waals surface area (Å²) in [6.45, 7) is 2.26. The van der Waals surface area contributed by atoms with Crippen LogP contribution in [0.3, 0.4) is 0 Å². The van der Waals surface area contributed by atoms with E-state index in [0.29, 0.717) is 18.7 Å². The van der Waals surface area contributed by atoms with E-state index in [4.69, 9.17) is 10.8 Å². The summed E-state index contributed by atoms with van der Waals surface area (Å²) in [6, 6.07) is 1.43. The van der Waals surface area contributed by atoms with Crippen molar-refractivity contribution in [1.82, 2.24) is 4.72 Å². The summed E-state index contributed by atoms with van der Waals surface area (Å²) in [7, 11) is -3.45. The highest BCUT2D eigenvalue weighted by Gasteiger charge is 2.16. The second kappa shape index (κ2) is 5.62. The minimum atomic E-state index is -3.45. The Kier molecular flexibility index (Phi) is 4.72. The Bertz CT molecular complexity index is 428. The molecule has 1 heterocycles. The van der Waals surface area contributed by atoms with Gasteiger partial charge >= 0.3 is 0 Å². The van der Waals surface area contributed by atoms with Crippen LogP contribution in [0.25, 0.3) is 0 Å². The maximum atomic E-state index is 11.7. The Morgan fingerprint density at radius 2 is 2.31 bits per heavy atom. The molecular formula is C9H16N2O3S2. The molecule has 0 aliphatic rings. The number of thiophene rings is 1. The van der Waals surface area contributed by atoms with Gasteiger partial charge in [0.2, 0.25) is 10.0 Å². The van der Waals surface area contributed by atoms with Gasteiger partial charge < -0.3 is 10.8 Å². The molecule has 0 bridgehead atoms. The lowest BCUT2D eigenvalue weighted by Crippen LogP contribution is -2.28. The van der Waals surface area contributed by atoms with Gasteiger partial charge in [-0.15, -0.1) is 11.3 Å². The fourth-order valence-electron chi connectivity index (χ4n) is 1.12. The third kappa shape index (κ3) is 3.75. The average molecular weight is 264 g/mol.